The summed E-state index contributed by atoms with van der Waals surface area (Å²) in [5, 5.41) is 5.75. The normalized spacial score (nSPS) is 16.4. The van der Waals surface area contributed by atoms with Crippen molar-refractivity contribution < 1.29 is 9.18 Å². The Morgan fingerprint density at radius 3 is 2.82 bits per heavy atom. The maximum Gasteiger partial charge on any atom is 0.242 e. The van der Waals surface area contributed by atoms with Crippen LogP contribution >= 0.6 is 15.9 Å². The van der Waals surface area contributed by atoms with E-state index in [1.807, 2.05) is 0 Å². The molecule has 0 bridgehead atoms. The minimum Gasteiger partial charge on any atom is -0.371 e. The maximum atomic E-state index is 13.5. The zero-order chi connectivity index (χ0) is 12.4. The maximum absolute atomic E-state index is 13.5. The summed E-state index contributed by atoms with van der Waals surface area (Å²) in [6.07, 6.45) is 2.09. The first-order valence-corrected chi connectivity index (χ1v) is 6.38. The molecule has 1 atom stereocenters. The smallest absolute Gasteiger partial charge is 0.242 e. The van der Waals surface area contributed by atoms with Gasteiger partial charge in [0.25, 0.3) is 0 Å². The largest absolute Gasteiger partial charge is 0.371 e. The first-order valence-electron chi connectivity index (χ1n) is 5.59. The number of amides is 1. The molecule has 1 aromatic carbocycles. The van der Waals surface area contributed by atoms with E-state index in [9.17, 15) is 9.18 Å². The monoisotopic (exact) mass is 300 g/mol. The molecule has 0 saturated heterocycles. The number of hydrogen-bond donors (Lipinski definition) is 2. The Morgan fingerprint density at radius 1 is 1.53 bits per heavy atom. The molecule has 2 rings (SSSR count). The van der Waals surface area contributed by atoms with Crippen molar-refractivity contribution in [3.05, 3.63) is 28.5 Å². The minimum absolute atomic E-state index is 0.0948. The third kappa shape index (κ3) is 3.19. The van der Waals surface area contributed by atoms with Crippen molar-refractivity contribution in [1.82, 2.24) is 5.32 Å². The van der Waals surface area contributed by atoms with E-state index in [1.54, 1.807) is 19.1 Å². The van der Waals surface area contributed by atoms with E-state index in [1.165, 1.54) is 6.07 Å². The van der Waals surface area contributed by atoms with Crippen molar-refractivity contribution in [3.8, 4) is 0 Å². The number of carbonyl (C=O) groups excluding carboxylic acids is 1. The van der Waals surface area contributed by atoms with Crippen LogP contribution in [0.15, 0.2) is 22.7 Å². The summed E-state index contributed by atoms with van der Waals surface area (Å²) in [6, 6.07) is 4.56. The Balaban J connectivity index is 2.01. The molecule has 1 amide bonds. The van der Waals surface area contributed by atoms with E-state index in [2.05, 4.69) is 26.6 Å². The van der Waals surface area contributed by atoms with Gasteiger partial charge in [-0.05, 0) is 47.8 Å². The predicted octanol–water partition coefficient (Wildman–Crippen LogP) is 2.67. The molecule has 5 heteroatoms. The van der Waals surface area contributed by atoms with E-state index in [0.29, 0.717) is 16.2 Å². The lowest BCUT2D eigenvalue weighted by Gasteiger charge is -2.16. The summed E-state index contributed by atoms with van der Waals surface area (Å²) in [6.45, 7) is 1.72. The third-order valence-corrected chi connectivity index (χ3v) is 3.30. The highest BCUT2D eigenvalue weighted by atomic mass is 79.9. The second-order valence-electron chi connectivity index (χ2n) is 4.25. The van der Waals surface area contributed by atoms with Crippen molar-refractivity contribution in [2.45, 2.75) is 31.8 Å². The van der Waals surface area contributed by atoms with Gasteiger partial charge in [0.2, 0.25) is 5.91 Å². The van der Waals surface area contributed by atoms with Gasteiger partial charge in [-0.3, -0.25) is 4.79 Å². The van der Waals surface area contributed by atoms with Gasteiger partial charge in [0.15, 0.2) is 0 Å². The number of halogens is 2. The Labute approximate surface area is 108 Å². The van der Waals surface area contributed by atoms with Crippen molar-refractivity contribution in [1.29, 1.82) is 0 Å². The topological polar surface area (TPSA) is 41.1 Å². The van der Waals surface area contributed by atoms with Gasteiger partial charge in [0, 0.05) is 10.5 Å². The number of benzene rings is 1. The van der Waals surface area contributed by atoms with Crippen LogP contribution in [0.5, 0.6) is 0 Å². The summed E-state index contributed by atoms with van der Waals surface area (Å²) in [5.74, 6) is -0.465. The highest BCUT2D eigenvalue weighted by molar-refractivity contribution is 9.10. The molecule has 1 aromatic rings. The van der Waals surface area contributed by atoms with Crippen molar-refractivity contribution in [2.24, 2.45) is 0 Å². The molecule has 0 radical (unpaired) electrons. The van der Waals surface area contributed by atoms with E-state index < -0.39 is 6.04 Å². The van der Waals surface area contributed by atoms with Gasteiger partial charge in [0.1, 0.15) is 11.9 Å². The number of para-hydroxylation sites is 1. The fourth-order valence-electron chi connectivity index (χ4n) is 1.47. The summed E-state index contributed by atoms with van der Waals surface area (Å²) < 4.78 is 14.1. The molecule has 0 spiro atoms. The molecule has 0 aliphatic heterocycles. The molecule has 1 aliphatic carbocycles. The second kappa shape index (κ2) is 5.04. The first-order chi connectivity index (χ1) is 8.08. The van der Waals surface area contributed by atoms with E-state index in [4.69, 9.17) is 0 Å². The molecule has 1 aliphatic rings. The molecule has 2 N–H and O–H groups in total. The van der Waals surface area contributed by atoms with Gasteiger partial charge >= 0.3 is 0 Å². The van der Waals surface area contributed by atoms with E-state index in [-0.39, 0.29) is 11.7 Å². The lowest BCUT2D eigenvalue weighted by atomic mass is 10.2. The first kappa shape index (κ1) is 12.4. The standard InChI is InChI=1S/C12H14BrFN2O/c1-7(12(17)16-8-5-6-8)15-11-9(13)3-2-4-10(11)14/h2-4,7-8,15H,5-6H2,1H3,(H,16,17). The van der Waals surface area contributed by atoms with E-state index in [0.717, 1.165) is 12.8 Å². The Morgan fingerprint density at radius 2 is 2.24 bits per heavy atom. The molecule has 1 saturated carbocycles. The highest BCUT2D eigenvalue weighted by Gasteiger charge is 2.26. The number of nitrogens with one attached hydrogen (secondary N) is 2. The average Bonchev–Trinajstić information content (AvgIpc) is 3.07. The lowest BCUT2D eigenvalue weighted by Crippen LogP contribution is -2.38. The Bertz CT molecular complexity index is 414. The Hall–Kier alpha value is -1.10. The molecule has 92 valence electrons. The SMILES string of the molecule is CC(Nc1c(F)cccc1Br)C(=O)NC1CC1. The summed E-state index contributed by atoms with van der Waals surface area (Å²) in [5.41, 5.74) is 0.325. The van der Waals surface area contributed by atoms with Crippen LogP contribution in [0.3, 0.4) is 0 Å². The summed E-state index contributed by atoms with van der Waals surface area (Å²) in [4.78, 5) is 11.7. The number of carbonyl (C=O) groups is 1. The van der Waals surface area contributed by atoms with Crippen LogP contribution in [0.2, 0.25) is 0 Å². The Kier molecular flexibility index (Phi) is 3.66. The van der Waals surface area contributed by atoms with Crippen LogP contribution in [0.4, 0.5) is 10.1 Å². The molecule has 1 unspecified atom stereocenters. The molecule has 0 heterocycles. The highest BCUT2D eigenvalue weighted by Crippen LogP contribution is 2.26. The van der Waals surface area contributed by atoms with Crippen molar-refractivity contribution in [3.63, 3.8) is 0 Å². The van der Waals surface area contributed by atoms with Crippen LogP contribution in [0, 0.1) is 5.82 Å². The van der Waals surface area contributed by atoms with Gasteiger partial charge in [0.05, 0.1) is 5.69 Å². The second-order valence-corrected chi connectivity index (χ2v) is 5.10. The minimum atomic E-state index is -0.455. The van der Waals surface area contributed by atoms with Gasteiger partial charge < -0.3 is 10.6 Å². The fraction of sp³-hybridized carbons (Fsp3) is 0.417. The van der Waals surface area contributed by atoms with Crippen molar-refractivity contribution >= 4 is 27.5 Å². The molecular formula is C12H14BrFN2O. The quantitative estimate of drug-likeness (QED) is 0.897. The van der Waals surface area contributed by atoms with Gasteiger partial charge in [-0.2, -0.15) is 0 Å². The van der Waals surface area contributed by atoms with Crippen LogP contribution in [-0.4, -0.2) is 18.0 Å². The van der Waals surface area contributed by atoms with Crippen molar-refractivity contribution in [2.75, 3.05) is 5.32 Å². The zero-order valence-corrected chi connectivity index (χ0v) is 11.1. The molecule has 17 heavy (non-hydrogen) atoms. The van der Waals surface area contributed by atoms with E-state index >= 15 is 0 Å². The average molecular weight is 301 g/mol. The lowest BCUT2D eigenvalue weighted by molar-refractivity contribution is -0.121. The van der Waals surface area contributed by atoms with Gasteiger partial charge in [-0.15, -0.1) is 0 Å². The van der Waals surface area contributed by atoms with Crippen LogP contribution in [0.25, 0.3) is 0 Å². The summed E-state index contributed by atoms with van der Waals surface area (Å²) >= 11 is 3.25. The number of rotatable bonds is 4. The third-order valence-electron chi connectivity index (χ3n) is 2.64. The molecule has 0 aromatic heterocycles. The van der Waals surface area contributed by atoms with Crippen LogP contribution in [0.1, 0.15) is 19.8 Å². The number of anilines is 1. The van der Waals surface area contributed by atoms with Gasteiger partial charge in [-0.25, -0.2) is 4.39 Å². The number of hydrogen-bond acceptors (Lipinski definition) is 2. The predicted molar refractivity (Wildman–Crippen MR) is 68.3 cm³/mol. The molecule has 1 fully saturated rings. The fourth-order valence-corrected chi connectivity index (χ4v) is 1.93. The van der Waals surface area contributed by atoms with Crippen LogP contribution in [-0.2, 0) is 4.79 Å². The zero-order valence-electron chi connectivity index (χ0n) is 9.47. The summed E-state index contributed by atoms with van der Waals surface area (Å²) in [7, 11) is 0. The molecule has 3 nitrogen and oxygen atoms in total. The van der Waals surface area contributed by atoms with Crippen LogP contribution < -0.4 is 10.6 Å². The van der Waals surface area contributed by atoms with Gasteiger partial charge in [-0.1, -0.05) is 6.07 Å². The molecular weight excluding hydrogens is 287 g/mol.